The van der Waals surface area contributed by atoms with E-state index < -0.39 is 0 Å². The molecule has 0 aromatic carbocycles. The van der Waals surface area contributed by atoms with Crippen LogP contribution in [0.25, 0.3) is 0 Å². The van der Waals surface area contributed by atoms with E-state index in [9.17, 15) is 0 Å². The predicted octanol–water partition coefficient (Wildman–Crippen LogP) is 1.51. The van der Waals surface area contributed by atoms with E-state index >= 15 is 0 Å². The van der Waals surface area contributed by atoms with Gasteiger partial charge >= 0.3 is 0 Å². The van der Waals surface area contributed by atoms with Crippen molar-refractivity contribution in [2.45, 2.75) is 31.8 Å². The number of methoxy groups -OCH3 is 1. The Kier molecular flexibility index (Phi) is 5.04. The van der Waals surface area contributed by atoms with E-state index in [-0.39, 0.29) is 0 Å². The minimum Gasteiger partial charge on any atom is -0.383 e. The second kappa shape index (κ2) is 5.84. The van der Waals surface area contributed by atoms with Gasteiger partial charge in [0.05, 0.1) is 6.61 Å². The molecule has 1 aliphatic heterocycles. The van der Waals surface area contributed by atoms with Crippen molar-refractivity contribution in [3.63, 3.8) is 0 Å². The summed E-state index contributed by atoms with van der Waals surface area (Å²) in [7, 11) is 1.76. The van der Waals surface area contributed by atoms with Crippen LogP contribution in [0.4, 0.5) is 0 Å². The fraction of sp³-hybridized carbons (Fsp3) is 1.00. The molecule has 3 heteroatoms. The van der Waals surface area contributed by atoms with E-state index in [1.165, 1.54) is 24.3 Å². The van der Waals surface area contributed by atoms with Crippen LogP contribution in [0.3, 0.4) is 0 Å². The standard InChI is InChI=1S/C9H19NOS/c1-8(6-11-2)10-9-4-3-5-12-7-9/h8-10H,3-7H2,1-2H3. The highest BCUT2D eigenvalue weighted by molar-refractivity contribution is 7.99. The summed E-state index contributed by atoms with van der Waals surface area (Å²) < 4.78 is 5.08. The average Bonchev–Trinajstić information content (AvgIpc) is 2.06. The third-order valence-electron chi connectivity index (χ3n) is 2.10. The molecule has 0 aliphatic carbocycles. The molecule has 2 unspecified atom stereocenters. The van der Waals surface area contributed by atoms with E-state index in [1.807, 2.05) is 0 Å². The fourth-order valence-electron chi connectivity index (χ4n) is 1.57. The first-order valence-electron chi connectivity index (χ1n) is 4.65. The van der Waals surface area contributed by atoms with Gasteiger partial charge in [-0.25, -0.2) is 0 Å². The van der Waals surface area contributed by atoms with Crippen molar-refractivity contribution in [3.05, 3.63) is 0 Å². The second-order valence-corrected chi connectivity index (χ2v) is 4.59. The van der Waals surface area contributed by atoms with Crippen LogP contribution in [0, 0.1) is 0 Å². The Bertz CT molecular complexity index is 115. The molecule has 0 saturated carbocycles. The smallest absolute Gasteiger partial charge is 0.0613 e. The molecule has 1 rings (SSSR count). The molecule has 0 aromatic heterocycles. The summed E-state index contributed by atoms with van der Waals surface area (Å²) in [5.74, 6) is 2.62. The summed E-state index contributed by atoms with van der Waals surface area (Å²) in [6.45, 7) is 3.00. The molecule has 1 N–H and O–H groups in total. The van der Waals surface area contributed by atoms with Crippen molar-refractivity contribution in [3.8, 4) is 0 Å². The molecule has 1 fully saturated rings. The van der Waals surface area contributed by atoms with Gasteiger partial charge in [0.2, 0.25) is 0 Å². The monoisotopic (exact) mass is 189 g/mol. The summed E-state index contributed by atoms with van der Waals surface area (Å²) in [4.78, 5) is 0. The quantitative estimate of drug-likeness (QED) is 0.724. The van der Waals surface area contributed by atoms with Gasteiger partial charge in [-0.15, -0.1) is 0 Å². The maximum absolute atomic E-state index is 5.08. The molecule has 0 amide bonds. The first-order chi connectivity index (χ1) is 5.83. The number of ether oxygens (including phenoxy) is 1. The molecule has 0 spiro atoms. The Balaban J connectivity index is 2.11. The van der Waals surface area contributed by atoms with Gasteiger partial charge in [-0.2, -0.15) is 11.8 Å². The van der Waals surface area contributed by atoms with Gasteiger partial charge in [-0.3, -0.25) is 0 Å². The third-order valence-corrected chi connectivity index (χ3v) is 3.31. The third kappa shape index (κ3) is 3.78. The molecule has 1 aliphatic rings. The molecule has 2 nitrogen and oxygen atoms in total. The minimum absolute atomic E-state index is 0.499. The zero-order valence-corrected chi connectivity index (χ0v) is 8.82. The van der Waals surface area contributed by atoms with Gasteiger partial charge in [0.1, 0.15) is 0 Å². The number of nitrogens with one attached hydrogen (secondary N) is 1. The lowest BCUT2D eigenvalue weighted by Gasteiger charge is -2.25. The highest BCUT2D eigenvalue weighted by Gasteiger charge is 2.15. The van der Waals surface area contributed by atoms with E-state index in [0.29, 0.717) is 12.1 Å². The lowest BCUT2D eigenvalue weighted by atomic mass is 10.1. The largest absolute Gasteiger partial charge is 0.383 e. The van der Waals surface area contributed by atoms with E-state index in [4.69, 9.17) is 4.74 Å². The Morgan fingerprint density at radius 1 is 1.67 bits per heavy atom. The van der Waals surface area contributed by atoms with Crippen LogP contribution in [0.15, 0.2) is 0 Å². The molecular weight excluding hydrogens is 170 g/mol. The molecule has 1 saturated heterocycles. The second-order valence-electron chi connectivity index (χ2n) is 3.44. The lowest BCUT2D eigenvalue weighted by molar-refractivity contribution is 0.167. The van der Waals surface area contributed by atoms with Gasteiger partial charge in [0.25, 0.3) is 0 Å². The van der Waals surface area contributed by atoms with Crippen molar-refractivity contribution in [1.29, 1.82) is 0 Å². The molecular formula is C9H19NOS. The number of hydrogen-bond acceptors (Lipinski definition) is 3. The average molecular weight is 189 g/mol. The van der Waals surface area contributed by atoms with E-state index in [0.717, 1.165) is 6.61 Å². The summed E-state index contributed by atoms with van der Waals surface area (Å²) in [6.07, 6.45) is 2.70. The normalized spacial score (nSPS) is 27.0. The topological polar surface area (TPSA) is 21.3 Å². The number of rotatable bonds is 4. The Hall–Kier alpha value is 0.270. The van der Waals surface area contributed by atoms with Crippen LogP contribution in [0.5, 0.6) is 0 Å². The minimum atomic E-state index is 0.499. The molecule has 72 valence electrons. The van der Waals surface area contributed by atoms with Crippen molar-refractivity contribution < 1.29 is 4.74 Å². The summed E-state index contributed by atoms with van der Waals surface area (Å²) in [6, 6.07) is 1.22. The van der Waals surface area contributed by atoms with Crippen LogP contribution in [-0.2, 0) is 4.74 Å². The maximum Gasteiger partial charge on any atom is 0.0613 e. The van der Waals surface area contributed by atoms with Crippen LogP contribution in [-0.4, -0.2) is 37.3 Å². The summed E-state index contributed by atoms with van der Waals surface area (Å²) in [5.41, 5.74) is 0. The van der Waals surface area contributed by atoms with Gasteiger partial charge in [-0.1, -0.05) is 0 Å². The van der Waals surface area contributed by atoms with E-state index in [2.05, 4.69) is 24.0 Å². The molecule has 12 heavy (non-hydrogen) atoms. The SMILES string of the molecule is COCC(C)NC1CCCSC1. The summed E-state index contributed by atoms with van der Waals surface area (Å²) >= 11 is 2.06. The van der Waals surface area contributed by atoms with Gasteiger partial charge < -0.3 is 10.1 Å². The van der Waals surface area contributed by atoms with E-state index in [1.54, 1.807) is 7.11 Å². The zero-order chi connectivity index (χ0) is 8.81. The van der Waals surface area contributed by atoms with Crippen molar-refractivity contribution >= 4 is 11.8 Å². The Labute approximate surface area is 79.4 Å². The molecule has 0 radical (unpaired) electrons. The van der Waals surface area contributed by atoms with Gasteiger partial charge in [-0.05, 0) is 25.5 Å². The first kappa shape index (κ1) is 10.4. The van der Waals surface area contributed by atoms with Gasteiger partial charge in [0, 0.05) is 24.9 Å². The highest BCUT2D eigenvalue weighted by atomic mass is 32.2. The van der Waals surface area contributed by atoms with Crippen LogP contribution in [0.2, 0.25) is 0 Å². The van der Waals surface area contributed by atoms with Crippen molar-refractivity contribution in [1.82, 2.24) is 5.32 Å². The van der Waals surface area contributed by atoms with Gasteiger partial charge in [0.15, 0.2) is 0 Å². The Morgan fingerprint density at radius 3 is 3.08 bits per heavy atom. The molecule has 0 bridgehead atoms. The molecule has 1 heterocycles. The predicted molar refractivity (Wildman–Crippen MR) is 54.8 cm³/mol. The lowest BCUT2D eigenvalue weighted by Crippen LogP contribution is -2.41. The number of thioether (sulfide) groups is 1. The first-order valence-corrected chi connectivity index (χ1v) is 5.81. The van der Waals surface area contributed by atoms with Crippen LogP contribution in [0.1, 0.15) is 19.8 Å². The molecule has 0 aromatic rings. The summed E-state index contributed by atoms with van der Waals surface area (Å²) in [5, 5.41) is 3.57. The zero-order valence-electron chi connectivity index (χ0n) is 8.01. The fourth-order valence-corrected chi connectivity index (χ4v) is 2.66. The van der Waals surface area contributed by atoms with Crippen molar-refractivity contribution in [2.24, 2.45) is 0 Å². The maximum atomic E-state index is 5.08. The number of hydrogen-bond donors (Lipinski definition) is 1. The van der Waals surface area contributed by atoms with Crippen LogP contribution >= 0.6 is 11.8 Å². The Morgan fingerprint density at radius 2 is 2.50 bits per heavy atom. The van der Waals surface area contributed by atoms with Crippen molar-refractivity contribution in [2.75, 3.05) is 25.2 Å². The molecule has 2 atom stereocenters. The highest BCUT2D eigenvalue weighted by Crippen LogP contribution is 2.17. The van der Waals surface area contributed by atoms with Crippen LogP contribution < -0.4 is 5.32 Å².